The summed E-state index contributed by atoms with van der Waals surface area (Å²) in [5.41, 5.74) is 2.66. The molecule has 1 amide bonds. The number of nitrogens with one attached hydrogen (secondary N) is 1. The van der Waals surface area contributed by atoms with Crippen molar-refractivity contribution in [1.29, 1.82) is 0 Å². The van der Waals surface area contributed by atoms with Gasteiger partial charge in [0.25, 0.3) is 0 Å². The summed E-state index contributed by atoms with van der Waals surface area (Å²) in [5, 5.41) is 5.12. The van der Waals surface area contributed by atoms with E-state index in [4.69, 9.17) is 4.42 Å². The summed E-state index contributed by atoms with van der Waals surface area (Å²) in [4.78, 5) is 20.7. The van der Waals surface area contributed by atoms with E-state index >= 15 is 0 Å². The fraction of sp³-hybridized carbons (Fsp3) is 0.500. The molecule has 0 aromatic carbocycles. The summed E-state index contributed by atoms with van der Waals surface area (Å²) in [5.74, 6) is 1.17. The van der Waals surface area contributed by atoms with E-state index in [1.807, 2.05) is 12.1 Å². The number of imidazole rings is 1. The molecule has 27 heavy (non-hydrogen) atoms. The normalized spacial score (nSPS) is 21.7. The molecule has 5 rings (SSSR count). The number of fused-ring (bicyclic) bond motifs is 1. The topological polar surface area (TPSA) is 62.8 Å². The largest absolute Gasteiger partial charge is 0.467 e. The van der Waals surface area contributed by atoms with Crippen LogP contribution in [0.3, 0.4) is 0 Å². The molecule has 3 aromatic rings. The maximum absolute atomic E-state index is 12.5. The highest BCUT2D eigenvalue weighted by Crippen LogP contribution is 2.59. The molecule has 142 valence electrons. The lowest BCUT2D eigenvalue weighted by Gasteiger charge is -2.32. The Hall–Kier alpha value is -2.12. The maximum atomic E-state index is 12.5. The Morgan fingerprint density at radius 3 is 3.07 bits per heavy atom. The number of aromatic nitrogens is 2. The number of thiazole rings is 1. The molecule has 0 unspecified atom stereocenters. The van der Waals surface area contributed by atoms with Crippen LogP contribution in [0.2, 0.25) is 0 Å². The zero-order valence-electron chi connectivity index (χ0n) is 15.5. The lowest BCUT2D eigenvalue weighted by Crippen LogP contribution is -2.37. The smallest absolute Gasteiger partial charge is 0.224 e. The highest BCUT2D eigenvalue weighted by Gasteiger charge is 2.58. The van der Waals surface area contributed by atoms with E-state index in [-0.39, 0.29) is 17.2 Å². The van der Waals surface area contributed by atoms with Gasteiger partial charge in [0, 0.05) is 24.0 Å². The third-order valence-electron chi connectivity index (χ3n) is 6.31. The average molecular weight is 385 g/mol. The monoisotopic (exact) mass is 384 g/mol. The molecule has 4 heterocycles. The quantitative estimate of drug-likeness (QED) is 0.734. The Kier molecular flexibility index (Phi) is 4.09. The zero-order valence-corrected chi connectivity index (χ0v) is 16.3. The molecule has 1 N–H and O–H groups in total. The van der Waals surface area contributed by atoms with Crippen LogP contribution >= 0.6 is 11.3 Å². The van der Waals surface area contributed by atoms with Gasteiger partial charge in [-0.05, 0) is 56.8 Å². The standard InChI is InChI=1S/C20H24N4O2S/c1-14-17(24-8-10-27-19(24)22-14)13-23-6-4-20(5-7-23)11-16(20)18(25)21-12-15-3-2-9-26-15/h2-3,8-10,16H,4-7,11-13H2,1H3,(H,21,25)/t16-/m0/s1. The minimum atomic E-state index is 0.176. The number of amides is 1. The number of nitrogens with zero attached hydrogens (tertiary/aromatic N) is 3. The first-order valence-corrected chi connectivity index (χ1v) is 10.5. The Morgan fingerprint density at radius 1 is 1.44 bits per heavy atom. The molecule has 1 saturated carbocycles. The first-order chi connectivity index (χ1) is 13.1. The average Bonchev–Trinajstić information content (AvgIpc) is 3.08. The molecule has 1 aliphatic heterocycles. The number of hydrogen-bond donors (Lipinski definition) is 1. The molecule has 3 aromatic heterocycles. The molecular formula is C20H24N4O2S. The van der Waals surface area contributed by atoms with Gasteiger partial charge in [-0.1, -0.05) is 0 Å². The molecule has 7 heteroatoms. The van der Waals surface area contributed by atoms with Crippen LogP contribution < -0.4 is 5.32 Å². The molecule has 6 nitrogen and oxygen atoms in total. The van der Waals surface area contributed by atoms with Gasteiger partial charge in [0.15, 0.2) is 4.96 Å². The van der Waals surface area contributed by atoms with Crippen LogP contribution in [-0.2, 0) is 17.9 Å². The van der Waals surface area contributed by atoms with Crippen molar-refractivity contribution in [1.82, 2.24) is 19.6 Å². The summed E-state index contributed by atoms with van der Waals surface area (Å²) >= 11 is 1.68. The summed E-state index contributed by atoms with van der Waals surface area (Å²) in [6.07, 6.45) is 7.00. The minimum absolute atomic E-state index is 0.176. The number of piperidine rings is 1. The van der Waals surface area contributed by atoms with Gasteiger partial charge < -0.3 is 9.73 Å². The molecule has 2 aliphatic rings. The lowest BCUT2D eigenvalue weighted by atomic mass is 9.90. The van der Waals surface area contributed by atoms with E-state index in [1.165, 1.54) is 5.69 Å². The molecule has 0 bridgehead atoms. The third-order valence-corrected chi connectivity index (χ3v) is 7.07. The van der Waals surface area contributed by atoms with Crippen LogP contribution in [0.1, 0.15) is 36.4 Å². The second-order valence-electron chi connectivity index (χ2n) is 7.89. The van der Waals surface area contributed by atoms with Crippen molar-refractivity contribution in [2.75, 3.05) is 13.1 Å². The van der Waals surface area contributed by atoms with E-state index in [0.29, 0.717) is 6.54 Å². The van der Waals surface area contributed by atoms with Crippen LogP contribution in [0.4, 0.5) is 0 Å². The fourth-order valence-corrected chi connectivity index (χ4v) is 5.26. The van der Waals surface area contributed by atoms with Crippen molar-refractivity contribution < 1.29 is 9.21 Å². The minimum Gasteiger partial charge on any atom is -0.467 e. The summed E-state index contributed by atoms with van der Waals surface area (Å²) < 4.78 is 7.51. The van der Waals surface area contributed by atoms with Crippen LogP contribution in [0.15, 0.2) is 34.4 Å². The predicted molar refractivity (Wildman–Crippen MR) is 103 cm³/mol. The first-order valence-electron chi connectivity index (χ1n) is 9.58. The van der Waals surface area contributed by atoms with Crippen LogP contribution in [0.5, 0.6) is 0 Å². The van der Waals surface area contributed by atoms with Gasteiger partial charge in [0.05, 0.1) is 24.2 Å². The van der Waals surface area contributed by atoms with Gasteiger partial charge in [-0.15, -0.1) is 11.3 Å². The van der Waals surface area contributed by atoms with Crippen molar-refractivity contribution in [3.8, 4) is 0 Å². The second kappa shape index (κ2) is 6.49. The lowest BCUT2D eigenvalue weighted by molar-refractivity contribution is -0.123. The van der Waals surface area contributed by atoms with E-state index < -0.39 is 0 Å². The summed E-state index contributed by atoms with van der Waals surface area (Å²) in [7, 11) is 0. The highest BCUT2D eigenvalue weighted by molar-refractivity contribution is 7.15. The molecule has 0 radical (unpaired) electrons. The van der Waals surface area contributed by atoms with Gasteiger partial charge in [-0.25, -0.2) is 4.98 Å². The van der Waals surface area contributed by atoms with E-state index in [0.717, 1.165) is 55.3 Å². The van der Waals surface area contributed by atoms with E-state index in [2.05, 4.69) is 38.1 Å². The Labute approximate surface area is 162 Å². The van der Waals surface area contributed by atoms with Crippen LogP contribution in [0, 0.1) is 18.3 Å². The number of carbonyl (C=O) groups excluding carboxylic acids is 1. The highest BCUT2D eigenvalue weighted by atomic mass is 32.1. The van der Waals surface area contributed by atoms with Gasteiger partial charge in [0.1, 0.15) is 5.76 Å². The zero-order chi connectivity index (χ0) is 18.4. The molecule has 2 fully saturated rings. The van der Waals surface area contributed by atoms with Gasteiger partial charge in [-0.3, -0.25) is 14.1 Å². The summed E-state index contributed by atoms with van der Waals surface area (Å²) in [6.45, 7) is 5.63. The number of aryl methyl sites for hydroxylation is 1. The van der Waals surface area contributed by atoms with E-state index in [9.17, 15) is 4.79 Å². The molecule has 1 aliphatic carbocycles. The van der Waals surface area contributed by atoms with Gasteiger partial charge in [0.2, 0.25) is 5.91 Å². The Bertz CT molecular complexity index is 950. The SMILES string of the molecule is Cc1nc2sccn2c1CN1CCC2(CC1)C[C@H]2C(=O)NCc1ccco1. The van der Waals surface area contributed by atoms with Crippen molar-refractivity contribution in [2.45, 2.75) is 39.3 Å². The van der Waals surface area contributed by atoms with Crippen molar-refractivity contribution in [2.24, 2.45) is 11.3 Å². The molecule has 1 spiro atoms. The van der Waals surface area contributed by atoms with Crippen molar-refractivity contribution in [3.05, 3.63) is 47.1 Å². The first kappa shape index (κ1) is 17.0. The van der Waals surface area contributed by atoms with Crippen molar-refractivity contribution in [3.63, 3.8) is 0 Å². The molecular weight excluding hydrogens is 360 g/mol. The number of furan rings is 1. The molecule has 1 atom stereocenters. The number of hydrogen-bond acceptors (Lipinski definition) is 5. The maximum Gasteiger partial charge on any atom is 0.224 e. The third kappa shape index (κ3) is 3.08. The summed E-state index contributed by atoms with van der Waals surface area (Å²) in [6, 6.07) is 3.74. The number of rotatable bonds is 5. The fourth-order valence-electron chi connectivity index (χ4n) is 4.48. The Balaban J connectivity index is 1.16. The molecule has 1 saturated heterocycles. The van der Waals surface area contributed by atoms with Crippen LogP contribution in [-0.4, -0.2) is 33.3 Å². The van der Waals surface area contributed by atoms with E-state index in [1.54, 1.807) is 17.6 Å². The number of carbonyl (C=O) groups is 1. The predicted octanol–water partition coefficient (Wildman–Crippen LogP) is 3.22. The number of likely N-dealkylation sites (tertiary alicyclic amines) is 1. The van der Waals surface area contributed by atoms with Crippen LogP contribution in [0.25, 0.3) is 4.96 Å². The van der Waals surface area contributed by atoms with Gasteiger partial charge in [-0.2, -0.15) is 0 Å². The second-order valence-corrected chi connectivity index (χ2v) is 8.76. The Morgan fingerprint density at radius 2 is 2.30 bits per heavy atom. The van der Waals surface area contributed by atoms with Crippen molar-refractivity contribution >= 4 is 22.2 Å². The van der Waals surface area contributed by atoms with Gasteiger partial charge >= 0.3 is 0 Å².